The molecule has 7 heteroatoms. The van der Waals surface area contributed by atoms with Gasteiger partial charge >= 0.3 is 0 Å². The van der Waals surface area contributed by atoms with Crippen LogP contribution in [0.3, 0.4) is 0 Å². The number of amides is 1. The van der Waals surface area contributed by atoms with Crippen LogP contribution in [0.1, 0.15) is 41.8 Å². The number of aryl methyl sites for hydroxylation is 2. The van der Waals surface area contributed by atoms with Crippen LogP contribution in [0.25, 0.3) is 0 Å². The van der Waals surface area contributed by atoms with Crippen molar-refractivity contribution in [1.29, 1.82) is 0 Å². The average molecular weight is 279 g/mol. The van der Waals surface area contributed by atoms with E-state index in [-0.39, 0.29) is 11.9 Å². The Morgan fingerprint density at radius 3 is 2.95 bits per heavy atom. The molecule has 1 unspecified atom stereocenters. The second-order valence-corrected chi connectivity index (χ2v) is 5.17. The van der Waals surface area contributed by atoms with Gasteiger partial charge in [0, 0.05) is 18.0 Å². The minimum atomic E-state index is -0.201. The lowest BCUT2D eigenvalue weighted by Crippen LogP contribution is -2.17. The zero-order chi connectivity index (χ0) is 14.0. The summed E-state index contributed by atoms with van der Waals surface area (Å²) in [7, 11) is 0. The highest BCUT2D eigenvalue weighted by molar-refractivity contribution is 7.14. The second-order valence-electron chi connectivity index (χ2n) is 4.31. The molecule has 0 radical (unpaired) electrons. The first-order chi connectivity index (χ1) is 9.01. The van der Waals surface area contributed by atoms with Gasteiger partial charge in [0.15, 0.2) is 5.13 Å². The lowest BCUT2D eigenvalue weighted by Gasteiger charge is -2.04. The van der Waals surface area contributed by atoms with E-state index in [0.717, 1.165) is 11.4 Å². The maximum atomic E-state index is 12.1. The fourth-order valence-corrected chi connectivity index (χ4v) is 2.49. The van der Waals surface area contributed by atoms with Crippen molar-refractivity contribution in [2.45, 2.75) is 33.4 Å². The summed E-state index contributed by atoms with van der Waals surface area (Å²) in [5.74, 6) is -0.201. The van der Waals surface area contributed by atoms with E-state index in [1.54, 1.807) is 10.7 Å². The van der Waals surface area contributed by atoms with Gasteiger partial charge < -0.3 is 5.73 Å². The zero-order valence-electron chi connectivity index (χ0n) is 11.2. The molecule has 1 amide bonds. The van der Waals surface area contributed by atoms with Crippen molar-refractivity contribution in [1.82, 2.24) is 14.8 Å². The summed E-state index contributed by atoms with van der Waals surface area (Å²) in [6.07, 6.45) is 0. The number of nitrogens with zero attached hydrogens (tertiary/aromatic N) is 3. The summed E-state index contributed by atoms with van der Waals surface area (Å²) in [4.78, 5) is 16.4. The SMILES string of the molecule is CCn1nc(C)cc1C(=O)Nc1nc(C(C)N)cs1. The third kappa shape index (κ3) is 2.99. The molecule has 1 atom stereocenters. The molecule has 0 fully saturated rings. The summed E-state index contributed by atoms with van der Waals surface area (Å²) in [5, 5.41) is 9.42. The molecule has 0 spiro atoms. The predicted molar refractivity (Wildman–Crippen MR) is 75.3 cm³/mol. The van der Waals surface area contributed by atoms with Crippen molar-refractivity contribution in [3.05, 3.63) is 28.5 Å². The van der Waals surface area contributed by atoms with E-state index in [4.69, 9.17) is 5.73 Å². The van der Waals surface area contributed by atoms with Gasteiger partial charge in [0.05, 0.1) is 11.4 Å². The van der Waals surface area contributed by atoms with E-state index < -0.39 is 0 Å². The fourth-order valence-electron chi connectivity index (χ4n) is 1.68. The number of nitrogens with two attached hydrogens (primary N) is 1. The molecule has 0 aliphatic rings. The van der Waals surface area contributed by atoms with Crippen LogP contribution < -0.4 is 11.1 Å². The van der Waals surface area contributed by atoms with Crippen LogP contribution in [0.5, 0.6) is 0 Å². The summed E-state index contributed by atoms with van der Waals surface area (Å²) >= 11 is 1.37. The Hall–Kier alpha value is -1.73. The molecule has 0 saturated carbocycles. The average Bonchev–Trinajstić information content (AvgIpc) is 2.95. The quantitative estimate of drug-likeness (QED) is 0.895. The molecule has 2 aromatic rings. The van der Waals surface area contributed by atoms with Crippen LogP contribution in [0.2, 0.25) is 0 Å². The van der Waals surface area contributed by atoms with Gasteiger partial charge in [0.25, 0.3) is 5.91 Å². The molecule has 0 aliphatic carbocycles. The Morgan fingerprint density at radius 1 is 1.63 bits per heavy atom. The molecule has 0 bridgehead atoms. The van der Waals surface area contributed by atoms with E-state index in [0.29, 0.717) is 17.4 Å². The Labute approximate surface area is 115 Å². The van der Waals surface area contributed by atoms with Crippen molar-refractivity contribution < 1.29 is 4.79 Å². The smallest absolute Gasteiger partial charge is 0.275 e. The normalized spacial score (nSPS) is 12.4. The summed E-state index contributed by atoms with van der Waals surface area (Å²) in [6.45, 7) is 6.32. The highest BCUT2D eigenvalue weighted by Crippen LogP contribution is 2.20. The number of hydrogen-bond donors (Lipinski definition) is 2. The number of anilines is 1. The Kier molecular flexibility index (Phi) is 3.96. The number of hydrogen-bond acceptors (Lipinski definition) is 5. The molecular formula is C12H17N5OS. The van der Waals surface area contributed by atoms with Crippen molar-refractivity contribution in [2.24, 2.45) is 5.73 Å². The van der Waals surface area contributed by atoms with Gasteiger partial charge in [-0.15, -0.1) is 11.3 Å². The first kappa shape index (κ1) is 13.7. The monoisotopic (exact) mass is 279 g/mol. The summed E-state index contributed by atoms with van der Waals surface area (Å²) in [6, 6.07) is 1.63. The van der Waals surface area contributed by atoms with E-state index in [2.05, 4.69) is 15.4 Å². The lowest BCUT2D eigenvalue weighted by molar-refractivity contribution is 0.101. The van der Waals surface area contributed by atoms with Crippen LogP contribution in [0.4, 0.5) is 5.13 Å². The number of carbonyl (C=O) groups excluding carboxylic acids is 1. The van der Waals surface area contributed by atoms with E-state index >= 15 is 0 Å². The van der Waals surface area contributed by atoms with E-state index in [1.807, 2.05) is 26.2 Å². The van der Waals surface area contributed by atoms with Crippen LogP contribution in [-0.4, -0.2) is 20.7 Å². The van der Waals surface area contributed by atoms with Crippen molar-refractivity contribution in [2.75, 3.05) is 5.32 Å². The summed E-state index contributed by atoms with van der Waals surface area (Å²) in [5.41, 5.74) is 7.87. The van der Waals surface area contributed by atoms with E-state index in [9.17, 15) is 4.79 Å². The van der Waals surface area contributed by atoms with Crippen molar-refractivity contribution in [3.8, 4) is 0 Å². The molecule has 2 aromatic heterocycles. The molecule has 6 nitrogen and oxygen atoms in total. The van der Waals surface area contributed by atoms with Gasteiger partial charge in [-0.1, -0.05) is 0 Å². The van der Waals surface area contributed by atoms with Crippen LogP contribution in [-0.2, 0) is 6.54 Å². The molecule has 0 aromatic carbocycles. The maximum Gasteiger partial charge on any atom is 0.275 e. The Bertz CT molecular complexity index is 587. The lowest BCUT2D eigenvalue weighted by atomic mass is 10.3. The number of thiazole rings is 1. The Morgan fingerprint density at radius 2 is 2.37 bits per heavy atom. The number of rotatable bonds is 4. The number of carbonyl (C=O) groups is 1. The van der Waals surface area contributed by atoms with Gasteiger partial charge in [-0.2, -0.15) is 5.10 Å². The van der Waals surface area contributed by atoms with Crippen molar-refractivity contribution >= 4 is 22.4 Å². The second kappa shape index (κ2) is 5.50. The summed E-state index contributed by atoms with van der Waals surface area (Å²) < 4.78 is 1.67. The van der Waals surface area contributed by atoms with Crippen LogP contribution in [0.15, 0.2) is 11.4 Å². The van der Waals surface area contributed by atoms with Crippen molar-refractivity contribution in [3.63, 3.8) is 0 Å². The zero-order valence-corrected chi connectivity index (χ0v) is 12.0. The fraction of sp³-hybridized carbons (Fsp3) is 0.417. The van der Waals surface area contributed by atoms with E-state index in [1.165, 1.54) is 11.3 Å². The van der Waals surface area contributed by atoms with Gasteiger partial charge in [0.1, 0.15) is 5.69 Å². The first-order valence-corrected chi connectivity index (χ1v) is 6.96. The third-order valence-corrected chi connectivity index (χ3v) is 3.42. The molecule has 19 heavy (non-hydrogen) atoms. The van der Waals surface area contributed by atoms with Gasteiger partial charge in [-0.05, 0) is 26.8 Å². The molecule has 3 N–H and O–H groups in total. The van der Waals surface area contributed by atoms with Crippen LogP contribution >= 0.6 is 11.3 Å². The largest absolute Gasteiger partial charge is 0.323 e. The van der Waals surface area contributed by atoms with Gasteiger partial charge in [-0.25, -0.2) is 4.98 Å². The minimum Gasteiger partial charge on any atom is -0.323 e. The molecular weight excluding hydrogens is 262 g/mol. The third-order valence-electron chi connectivity index (χ3n) is 2.64. The van der Waals surface area contributed by atoms with Gasteiger partial charge in [-0.3, -0.25) is 14.8 Å². The molecule has 0 saturated heterocycles. The molecule has 2 heterocycles. The topological polar surface area (TPSA) is 85.8 Å². The molecule has 0 aliphatic heterocycles. The predicted octanol–water partition coefficient (Wildman–Crippen LogP) is 1.94. The molecule has 2 rings (SSSR count). The number of aromatic nitrogens is 3. The Balaban J connectivity index is 2.15. The molecule has 102 valence electrons. The van der Waals surface area contributed by atoms with Gasteiger partial charge in [0.2, 0.25) is 0 Å². The highest BCUT2D eigenvalue weighted by Gasteiger charge is 2.15. The number of nitrogens with one attached hydrogen (secondary N) is 1. The standard InChI is InChI=1S/C12H17N5OS/c1-4-17-10(5-7(2)16-17)11(18)15-12-14-9(6-19-12)8(3)13/h5-6,8H,4,13H2,1-3H3,(H,14,15,18). The maximum absolute atomic E-state index is 12.1. The minimum absolute atomic E-state index is 0.134. The first-order valence-electron chi connectivity index (χ1n) is 6.08. The van der Waals surface area contributed by atoms with Crippen LogP contribution in [0, 0.1) is 6.92 Å². The highest BCUT2D eigenvalue weighted by atomic mass is 32.1.